The highest BCUT2D eigenvalue weighted by Crippen LogP contribution is 2.07. The number of nitrogens with zero attached hydrogens (tertiary/aromatic N) is 2. The van der Waals surface area contributed by atoms with Crippen LogP contribution in [0.1, 0.15) is 11.1 Å². The van der Waals surface area contributed by atoms with Crippen molar-refractivity contribution in [2.45, 2.75) is 11.9 Å². The van der Waals surface area contributed by atoms with Gasteiger partial charge in [0.05, 0.1) is 12.0 Å². The lowest BCUT2D eigenvalue weighted by Gasteiger charge is -1.99. The standard InChI is InChI=1S/C13H13N5O3S/c1-8-2-4-9(5-3-8)6-14-16-10(19)7-22-12-11(20)15-13(21)18-17-12/h2-6H,7H2,1H3,(H,16,19)(H2,15,18,20,21)/b14-6+. The smallest absolute Gasteiger partial charge is 0.272 e. The van der Waals surface area contributed by atoms with Gasteiger partial charge < -0.3 is 0 Å². The van der Waals surface area contributed by atoms with E-state index in [1.165, 1.54) is 6.21 Å². The van der Waals surface area contributed by atoms with Crippen LogP contribution in [0.2, 0.25) is 0 Å². The molecule has 1 aromatic heterocycles. The van der Waals surface area contributed by atoms with E-state index >= 15 is 0 Å². The number of amides is 1. The summed E-state index contributed by atoms with van der Waals surface area (Å²) in [5, 5.41) is 9.47. The van der Waals surface area contributed by atoms with Gasteiger partial charge in [0, 0.05) is 0 Å². The van der Waals surface area contributed by atoms with Crippen LogP contribution < -0.4 is 16.7 Å². The third-order valence-corrected chi connectivity index (χ3v) is 3.46. The first kappa shape index (κ1) is 15.7. The Morgan fingerprint density at radius 3 is 2.77 bits per heavy atom. The van der Waals surface area contributed by atoms with Crippen molar-refractivity contribution < 1.29 is 4.79 Å². The van der Waals surface area contributed by atoms with E-state index in [0.717, 1.165) is 22.9 Å². The summed E-state index contributed by atoms with van der Waals surface area (Å²) in [4.78, 5) is 35.8. The van der Waals surface area contributed by atoms with Crippen LogP contribution in [0.4, 0.5) is 0 Å². The number of carbonyl (C=O) groups excluding carboxylic acids is 1. The minimum absolute atomic E-state index is 0.0114. The second-order valence-electron chi connectivity index (χ2n) is 4.30. The highest BCUT2D eigenvalue weighted by Gasteiger charge is 2.06. The van der Waals surface area contributed by atoms with Crippen LogP contribution in [0.5, 0.6) is 0 Å². The monoisotopic (exact) mass is 319 g/mol. The maximum atomic E-state index is 11.6. The number of benzene rings is 1. The molecule has 0 aliphatic rings. The van der Waals surface area contributed by atoms with Crippen molar-refractivity contribution in [2.24, 2.45) is 5.10 Å². The molecule has 0 atom stereocenters. The molecule has 0 spiro atoms. The molecule has 0 fully saturated rings. The number of hydrogen-bond acceptors (Lipinski definition) is 6. The van der Waals surface area contributed by atoms with Crippen LogP contribution >= 0.6 is 11.8 Å². The van der Waals surface area contributed by atoms with Crippen LogP contribution in [-0.2, 0) is 4.79 Å². The van der Waals surface area contributed by atoms with Gasteiger partial charge in [-0.3, -0.25) is 14.6 Å². The zero-order valence-electron chi connectivity index (χ0n) is 11.6. The number of carbonyl (C=O) groups is 1. The first-order valence-corrected chi connectivity index (χ1v) is 7.23. The average Bonchev–Trinajstić information content (AvgIpc) is 2.48. The molecule has 9 heteroatoms. The molecule has 0 saturated carbocycles. The summed E-state index contributed by atoms with van der Waals surface area (Å²) < 4.78 is 0. The average molecular weight is 319 g/mol. The Morgan fingerprint density at radius 1 is 1.36 bits per heavy atom. The number of hydrazone groups is 1. The molecule has 0 bridgehead atoms. The van der Waals surface area contributed by atoms with E-state index in [4.69, 9.17) is 0 Å². The number of rotatable bonds is 5. The molecule has 2 aromatic rings. The fourth-order valence-corrected chi connectivity index (χ4v) is 2.06. The van der Waals surface area contributed by atoms with Crippen LogP contribution in [0.25, 0.3) is 0 Å². The van der Waals surface area contributed by atoms with Gasteiger partial charge in [-0.05, 0) is 12.5 Å². The van der Waals surface area contributed by atoms with Crippen molar-refractivity contribution in [2.75, 3.05) is 5.75 Å². The third kappa shape index (κ3) is 4.70. The molecule has 0 radical (unpaired) electrons. The summed E-state index contributed by atoms with van der Waals surface area (Å²) in [6, 6.07) is 7.63. The quantitative estimate of drug-likeness (QED) is 0.407. The van der Waals surface area contributed by atoms with Crippen LogP contribution in [0.3, 0.4) is 0 Å². The first-order valence-electron chi connectivity index (χ1n) is 6.25. The second-order valence-corrected chi connectivity index (χ2v) is 5.27. The zero-order chi connectivity index (χ0) is 15.9. The number of aromatic amines is 2. The highest BCUT2D eigenvalue weighted by atomic mass is 32.2. The maximum Gasteiger partial charge on any atom is 0.342 e. The molecule has 1 amide bonds. The van der Waals surface area contributed by atoms with E-state index < -0.39 is 11.2 Å². The second kappa shape index (κ2) is 7.36. The Labute approximate surface area is 129 Å². The highest BCUT2D eigenvalue weighted by molar-refractivity contribution is 7.99. The molecular formula is C13H13N5O3S. The summed E-state index contributed by atoms with van der Waals surface area (Å²) in [7, 11) is 0. The molecule has 114 valence electrons. The van der Waals surface area contributed by atoms with E-state index in [0.29, 0.717) is 0 Å². The third-order valence-electron chi connectivity index (χ3n) is 2.50. The molecule has 0 aliphatic carbocycles. The number of H-pyrrole nitrogens is 2. The molecule has 8 nitrogen and oxygen atoms in total. The van der Waals surface area contributed by atoms with Crippen molar-refractivity contribution >= 4 is 23.9 Å². The van der Waals surface area contributed by atoms with Gasteiger partial charge in [-0.25, -0.2) is 15.3 Å². The van der Waals surface area contributed by atoms with Crippen LogP contribution in [-0.4, -0.2) is 33.1 Å². The van der Waals surface area contributed by atoms with E-state index in [-0.39, 0.29) is 16.7 Å². The van der Waals surface area contributed by atoms with Gasteiger partial charge in [0.2, 0.25) is 5.91 Å². The minimum Gasteiger partial charge on any atom is -0.272 e. The maximum absolute atomic E-state index is 11.6. The van der Waals surface area contributed by atoms with E-state index in [9.17, 15) is 14.4 Å². The van der Waals surface area contributed by atoms with Crippen molar-refractivity contribution in [3.63, 3.8) is 0 Å². The molecule has 0 saturated heterocycles. The zero-order valence-corrected chi connectivity index (χ0v) is 12.4. The largest absolute Gasteiger partial charge is 0.342 e. The number of aryl methyl sites for hydroxylation is 1. The van der Waals surface area contributed by atoms with Crippen molar-refractivity contribution in [1.82, 2.24) is 20.6 Å². The van der Waals surface area contributed by atoms with E-state index in [2.05, 4.69) is 20.7 Å². The molecule has 2 rings (SSSR count). The molecular weight excluding hydrogens is 306 g/mol. The molecule has 1 heterocycles. The van der Waals surface area contributed by atoms with Gasteiger partial charge in [-0.15, -0.1) is 0 Å². The summed E-state index contributed by atoms with van der Waals surface area (Å²) in [5.41, 5.74) is 3.01. The number of hydrogen-bond donors (Lipinski definition) is 3. The molecule has 0 aliphatic heterocycles. The van der Waals surface area contributed by atoms with Gasteiger partial charge in [-0.2, -0.15) is 10.2 Å². The molecule has 0 unspecified atom stereocenters. The Bertz CT molecular complexity index is 794. The number of thioether (sulfide) groups is 1. The van der Waals surface area contributed by atoms with Gasteiger partial charge >= 0.3 is 5.69 Å². The SMILES string of the molecule is Cc1ccc(/C=N/NC(=O)CSc2n[nH]c(=O)[nH]c2=O)cc1. The van der Waals surface area contributed by atoms with Crippen molar-refractivity contribution in [1.29, 1.82) is 0 Å². The fourth-order valence-electron chi connectivity index (χ4n) is 1.43. The van der Waals surface area contributed by atoms with E-state index in [1.807, 2.05) is 36.2 Å². The Kier molecular flexibility index (Phi) is 5.26. The summed E-state index contributed by atoms with van der Waals surface area (Å²) >= 11 is 0.901. The van der Waals surface area contributed by atoms with Gasteiger partial charge in [0.1, 0.15) is 0 Å². The van der Waals surface area contributed by atoms with E-state index in [1.54, 1.807) is 0 Å². The summed E-state index contributed by atoms with van der Waals surface area (Å²) in [5.74, 6) is -0.436. The van der Waals surface area contributed by atoms with Crippen molar-refractivity contribution in [3.05, 3.63) is 56.2 Å². The summed E-state index contributed by atoms with van der Waals surface area (Å²) in [6.07, 6.45) is 1.52. The van der Waals surface area contributed by atoms with Crippen LogP contribution in [0.15, 0.2) is 44.0 Å². The molecule has 1 aromatic carbocycles. The lowest BCUT2D eigenvalue weighted by molar-refractivity contribution is -0.118. The van der Waals surface area contributed by atoms with Gasteiger partial charge in [-0.1, -0.05) is 41.6 Å². The Morgan fingerprint density at radius 2 is 2.09 bits per heavy atom. The Hall–Kier alpha value is -2.68. The number of aromatic nitrogens is 3. The van der Waals surface area contributed by atoms with Crippen molar-refractivity contribution in [3.8, 4) is 0 Å². The molecule has 22 heavy (non-hydrogen) atoms. The summed E-state index contributed by atoms with van der Waals surface area (Å²) in [6.45, 7) is 1.98. The van der Waals surface area contributed by atoms with Crippen LogP contribution in [0, 0.1) is 6.92 Å². The molecule has 3 N–H and O–H groups in total. The first-order chi connectivity index (χ1) is 10.5. The Balaban J connectivity index is 1.84. The van der Waals surface area contributed by atoms with Gasteiger partial charge in [0.25, 0.3) is 5.56 Å². The number of nitrogens with one attached hydrogen (secondary N) is 3. The lowest BCUT2D eigenvalue weighted by Crippen LogP contribution is -2.26. The predicted molar refractivity (Wildman–Crippen MR) is 83.1 cm³/mol. The predicted octanol–water partition coefficient (Wildman–Crippen LogP) is 0.00902. The lowest BCUT2D eigenvalue weighted by atomic mass is 10.2. The van der Waals surface area contributed by atoms with Gasteiger partial charge in [0.15, 0.2) is 5.03 Å². The fraction of sp³-hybridized carbons (Fsp3) is 0.154. The normalized spacial score (nSPS) is 10.8. The topological polar surface area (TPSA) is 120 Å². The minimum atomic E-state index is -0.693.